The Hall–Kier alpha value is -1.65. The van der Waals surface area contributed by atoms with E-state index in [4.69, 9.17) is 11.6 Å². The molecule has 0 aliphatic carbocycles. The number of pyridine rings is 1. The molecule has 2 saturated heterocycles. The fraction of sp³-hybridized carbons (Fsp3) is 0.389. The molecule has 4 rings (SSSR count). The Bertz CT molecular complexity index is 723. The Morgan fingerprint density at radius 2 is 2.04 bits per heavy atom. The summed E-state index contributed by atoms with van der Waals surface area (Å²) in [6, 6.07) is 11.0. The van der Waals surface area contributed by atoms with Crippen molar-refractivity contribution in [1.82, 2.24) is 9.88 Å². The molecule has 23 heavy (non-hydrogen) atoms. The van der Waals surface area contributed by atoms with Gasteiger partial charge in [-0.1, -0.05) is 23.7 Å². The fourth-order valence-electron chi connectivity index (χ4n) is 4.23. The number of fused-ring (bicyclic) bond motifs is 1. The van der Waals surface area contributed by atoms with Crippen LogP contribution in [0.1, 0.15) is 11.6 Å². The number of rotatable bonds is 2. The number of hydrogen-bond donors (Lipinski definition) is 0. The van der Waals surface area contributed by atoms with Gasteiger partial charge >= 0.3 is 0 Å². The smallest absolute Gasteiger partial charge is 0.147 e. The first-order chi connectivity index (χ1) is 11.1. The number of likely N-dealkylation sites (tertiary alicyclic amines) is 1. The third-order valence-corrected chi connectivity index (χ3v) is 5.42. The monoisotopic (exact) mass is 331 g/mol. The predicted molar refractivity (Wildman–Crippen MR) is 90.2 cm³/mol. The Kier molecular flexibility index (Phi) is 3.74. The summed E-state index contributed by atoms with van der Waals surface area (Å²) in [4.78, 5) is 9.06. The molecular weight excluding hydrogens is 313 g/mol. The molecule has 0 saturated carbocycles. The molecule has 120 valence electrons. The molecule has 3 nitrogen and oxygen atoms in total. The van der Waals surface area contributed by atoms with Gasteiger partial charge in [-0.2, -0.15) is 0 Å². The lowest BCUT2D eigenvalue weighted by atomic mass is 9.89. The number of anilines is 1. The van der Waals surface area contributed by atoms with Gasteiger partial charge in [-0.15, -0.1) is 0 Å². The Morgan fingerprint density at radius 1 is 1.17 bits per heavy atom. The average Bonchev–Trinajstić information content (AvgIpc) is 3.04. The molecule has 5 heteroatoms. The minimum Gasteiger partial charge on any atom is -0.355 e. The van der Waals surface area contributed by atoms with Gasteiger partial charge in [0.15, 0.2) is 0 Å². The van der Waals surface area contributed by atoms with E-state index in [0.717, 1.165) is 31.0 Å². The first kappa shape index (κ1) is 14.9. The maximum absolute atomic E-state index is 13.6. The second-order valence-electron chi connectivity index (χ2n) is 6.58. The van der Waals surface area contributed by atoms with E-state index in [2.05, 4.69) is 21.8 Å². The lowest BCUT2D eigenvalue weighted by Crippen LogP contribution is -2.29. The number of hydrogen-bond acceptors (Lipinski definition) is 3. The zero-order valence-electron chi connectivity index (χ0n) is 13.0. The normalized spacial score (nSPS) is 27.4. The maximum Gasteiger partial charge on any atom is 0.147 e. The van der Waals surface area contributed by atoms with Crippen molar-refractivity contribution in [2.75, 3.05) is 31.6 Å². The van der Waals surface area contributed by atoms with Crippen LogP contribution in [0.5, 0.6) is 0 Å². The number of nitrogens with zero attached hydrogens (tertiary/aromatic N) is 3. The summed E-state index contributed by atoms with van der Waals surface area (Å²) in [7, 11) is 2.13. The highest BCUT2D eigenvalue weighted by Crippen LogP contribution is 2.45. The van der Waals surface area contributed by atoms with Crippen molar-refractivity contribution in [2.24, 2.45) is 11.8 Å². The van der Waals surface area contributed by atoms with Crippen LogP contribution in [0.25, 0.3) is 0 Å². The van der Waals surface area contributed by atoms with Gasteiger partial charge in [0, 0.05) is 37.8 Å². The molecule has 1 aromatic carbocycles. The van der Waals surface area contributed by atoms with Crippen molar-refractivity contribution in [2.45, 2.75) is 6.04 Å². The molecule has 0 N–H and O–H groups in total. The third kappa shape index (κ3) is 2.60. The van der Waals surface area contributed by atoms with E-state index >= 15 is 0 Å². The minimum absolute atomic E-state index is 0.165. The van der Waals surface area contributed by atoms with Crippen LogP contribution >= 0.6 is 11.6 Å². The third-order valence-electron chi connectivity index (χ3n) is 5.12. The van der Waals surface area contributed by atoms with Gasteiger partial charge in [0.05, 0.1) is 5.02 Å². The first-order valence-corrected chi connectivity index (χ1v) is 8.32. The minimum atomic E-state index is -0.165. The lowest BCUT2D eigenvalue weighted by Gasteiger charge is -2.27. The lowest BCUT2D eigenvalue weighted by molar-refractivity contribution is 0.279. The van der Waals surface area contributed by atoms with Crippen LogP contribution in [0.4, 0.5) is 10.2 Å². The van der Waals surface area contributed by atoms with Crippen LogP contribution in [0.15, 0.2) is 42.6 Å². The fourth-order valence-corrected chi connectivity index (χ4v) is 4.47. The van der Waals surface area contributed by atoms with E-state index in [1.807, 2.05) is 18.2 Å². The molecule has 0 spiro atoms. The molecule has 0 bridgehead atoms. The molecule has 1 aromatic heterocycles. The van der Waals surface area contributed by atoms with E-state index in [0.29, 0.717) is 16.9 Å². The summed E-state index contributed by atoms with van der Waals surface area (Å²) in [5.41, 5.74) is 1.06. The van der Waals surface area contributed by atoms with Gasteiger partial charge < -0.3 is 4.90 Å². The van der Waals surface area contributed by atoms with Crippen molar-refractivity contribution < 1.29 is 4.39 Å². The standard InChI is InChI=1S/C18H19ClFN3/c1-22-9-13-10-23(18-16(19)6-3-7-21-18)11-15(13)17(22)12-4-2-5-14(20)8-12/h2-8,13,15,17H,9-11H2,1H3/t13-,15+,17-/m0/s1. The first-order valence-electron chi connectivity index (χ1n) is 7.94. The largest absolute Gasteiger partial charge is 0.355 e. The van der Waals surface area contributed by atoms with Crippen molar-refractivity contribution in [3.8, 4) is 0 Å². The van der Waals surface area contributed by atoms with Gasteiger partial charge in [0.25, 0.3) is 0 Å². The predicted octanol–water partition coefficient (Wildman–Crippen LogP) is 3.61. The maximum atomic E-state index is 13.6. The van der Waals surface area contributed by atoms with Crippen LogP contribution in [0.3, 0.4) is 0 Å². The quantitative estimate of drug-likeness (QED) is 0.838. The summed E-state index contributed by atoms with van der Waals surface area (Å²) < 4.78 is 13.6. The number of halogens is 2. The summed E-state index contributed by atoms with van der Waals surface area (Å²) in [6.45, 7) is 2.89. The van der Waals surface area contributed by atoms with E-state index in [1.54, 1.807) is 18.3 Å². The van der Waals surface area contributed by atoms with Crippen LogP contribution in [-0.4, -0.2) is 36.6 Å². The molecule has 0 amide bonds. The van der Waals surface area contributed by atoms with E-state index < -0.39 is 0 Å². The summed E-state index contributed by atoms with van der Waals surface area (Å²) in [5, 5.41) is 0.697. The van der Waals surface area contributed by atoms with Crippen molar-refractivity contribution in [3.05, 3.63) is 59.0 Å². The molecule has 2 fully saturated rings. The van der Waals surface area contributed by atoms with Crippen LogP contribution in [0.2, 0.25) is 5.02 Å². The summed E-state index contributed by atoms with van der Waals surface area (Å²) in [5.74, 6) is 1.73. The molecule has 0 unspecified atom stereocenters. The second-order valence-corrected chi connectivity index (χ2v) is 6.98. The highest BCUT2D eigenvalue weighted by atomic mass is 35.5. The SMILES string of the molecule is CN1C[C@H]2CN(c3ncccc3Cl)C[C@H]2[C@@H]1c1cccc(F)c1. The van der Waals surface area contributed by atoms with Crippen molar-refractivity contribution in [1.29, 1.82) is 0 Å². The van der Waals surface area contributed by atoms with Crippen LogP contribution in [0, 0.1) is 17.7 Å². The number of aromatic nitrogens is 1. The molecule has 2 aliphatic rings. The molecule has 0 radical (unpaired) electrons. The Labute approximate surface area is 140 Å². The Balaban J connectivity index is 1.61. The second kappa shape index (κ2) is 5.77. The molecule has 2 aliphatic heterocycles. The summed E-state index contributed by atoms with van der Waals surface area (Å²) in [6.07, 6.45) is 1.78. The van der Waals surface area contributed by atoms with Gasteiger partial charge in [0.1, 0.15) is 11.6 Å². The molecule has 3 atom stereocenters. The van der Waals surface area contributed by atoms with E-state index in [1.165, 1.54) is 6.07 Å². The average molecular weight is 332 g/mol. The molecule has 2 aromatic rings. The zero-order chi connectivity index (χ0) is 16.0. The van der Waals surface area contributed by atoms with Gasteiger partial charge in [-0.25, -0.2) is 9.37 Å². The topological polar surface area (TPSA) is 19.4 Å². The van der Waals surface area contributed by atoms with Crippen LogP contribution < -0.4 is 4.90 Å². The van der Waals surface area contributed by atoms with Crippen LogP contribution in [-0.2, 0) is 0 Å². The number of benzene rings is 1. The van der Waals surface area contributed by atoms with Crippen molar-refractivity contribution in [3.63, 3.8) is 0 Å². The molecule has 3 heterocycles. The highest BCUT2D eigenvalue weighted by Gasteiger charge is 2.46. The van der Waals surface area contributed by atoms with Crippen molar-refractivity contribution >= 4 is 17.4 Å². The van der Waals surface area contributed by atoms with Gasteiger partial charge in [-0.05, 0) is 42.8 Å². The van der Waals surface area contributed by atoms with Gasteiger partial charge in [0.2, 0.25) is 0 Å². The molecular formula is C18H19ClFN3. The summed E-state index contributed by atoms with van der Waals surface area (Å²) >= 11 is 6.30. The van der Waals surface area contributed by atoms with E-state index in [9.17, 15) is 4.39 Å². The highest BCUT2D eigenvalue weighted by molar-refractivity contribution is 6.32. The van der Waals surface area contributed by atoms with Gasteiger partial charge in [-0.3, -0.25) is 4.90 Å². The van der Waals surface area contributed by atoms with E-state index in [-0.39, 0.29) is 11.9 Å². The zero-order valence-corrected chi connectivity index (χ0v) is 13.7. The Morgan fingerprint density at radius 3 is 2.83 bits per heavy atom.